The summed E-state index contributed by atoms with van der Waals surface area (Å²) in [6, 6.07) is 7.18. The molecule has 0 radical (unpaired) electrons. The quantitative estimate of drug-likeness (QED) is 0.680. The summed E-state index contributed by atoms with van der Waals surface area (Å²) in [4.78, 5) is 0. The highest BCUT2D eigenvalue weighted by Gasteiger charge is 2.24. The van der Waals surface area contributed by atoms with Crippen molar-refractivity contribution < 1.29 is 27.2 Å². The van der Waals surface area contributed by atoms with Gasteiger partial charge in [-0.25, -0.2) is 0 Å². The van der Waals surface area contributed by atoms with E-state index < -0.39 is 15.2 Å². The molecular formula is C12H20O6P2. The van der Waals surface area contributed by atoms with Gasteiger partial charge in [0.05, 0.1) is 12.3 Å². The summed E-state index contributed by atoms with van der Waals surface area (Å²) < 4.78 is 43.8. The highest BCUT2D eigenvalue weighted by molar-refractivity contribution is 7.53. The van der Waals surface area contributed by atoms with Crippen LogP contribution in [-0.4, -0.2) is 28.4 Å². The second-order valence-corrected chi connectivity index (χ2v) is 8.62. The summed E-state index contributed by atoms with van der Waals surface area (Å²) in [5.41, 5.74) is 1.54. The molecule has 0 aliphatic carbocycles. The van der Waals surface area contributed by atoms with Crippen molar-refractivity contribution >= 4 is 15.2 Å². The molecule has 20 heavy (non-hydrogen) atoms. The van der Waals surface area contributed by atoms with Crippen molar-refractivity contribution in [3.63, 3.8) is 0 Å². The van der Waals surface area contributed by atoms with Crippen molar-refractivity contribution in [1.82, 2.24) is 0 Å². The Morgan fingerprint density at radius 1 is 0.800 bits per heavy atom. The molecule has 1 aromatic rings. The van der Waals surface area contributed by atoms with Crippen LogP contribution in [0.1, 0.15) is 11.1 Å². The van der Waals surface area contributed by atoms with Crippen LogP contribution in [-0.2, 0) is 39.5 Å². The van der Waals surface area contributed by atoms with Crippen LogP contribution in [0.15, 0.2) is 24.3 Å². The molecule has 0 unspecified atom stereocenters. The van der Waals surface area contributed by atoms with E-state index in [2.05, 4.69) is 0 Å². The van der Waals surface area contributed by atoms with E-state index in [-0.39, 0.29) is 12.3 Å². The van der Waals surface area contributed by atoms with Crippen LogP contribution in [0.25, 0.3) is 0 Å². The van der Waals surface area contributed by atoms with Gasteiger partial charge < -0.3 is 18.1 Å². The summed E-state index contributed by atoms with van der Waals surface area (Å²) in [5, 5.41) is 0. The van der Waals surface area contributed by atoms with E-state index in [1.807, 2.05) is 0 Å². The lowest BCUT2D eigenvalue weighted by Crippen LogP contribution is -1.97. The van der Waals surface area contributed by atoms with E-state index in [0.29, 0.717) is 0 Å². The van der Waals surface area contributed by atoms with E-state index >= 15 is 0 Å². The van der Waals surface area contributed by atoms with Gasteiger partial charge in [-0.15, -0.1) is 0 Å². The Bertz CT molecular complexity index is 471. The third-order valence-electron chi connectivity index (χ3n) is 2.86. The highest BCUT2D eigenvalue weighted by atomic mass is 31.2. The third kappa shape index (κ3) is 4.81. The molecule has 0 aliphatic heterocycles. The molecule has 0 fully saturated rings. The maximum absolute atomic E-state index is 12.1. The maximum Gasteiger partial charge on any atom is 0.334 e. The topological polar surface area (TPSA) is 71.1 Å². The van der Waals surface area contributed by atoms with Crippen molar-refractivity contribution in [3.8, 4) is 0 Å². The molecule has 0 bridgehead atoms. The second kappa shape index (κ2) is 7.51. The van der Waals surface area contributed by atoms with E-state index in [1.54, 1.807) is 24.3 Å². The van der Waals surface area contributed by atoms with Gasteiger partial charge in [0.2, 0.25) is 0 Å². The summed E-state index contributed by atoms with van der Waals surface area (Å²) in [6.07, 6.45) is 0.302. The third-order valence-corrected chi connectivity index (χ3v) is 6.59. The molecule has 0 atom stereocenters. The first-order valence-corrected chi connectivity index (χ1v) is 9.35. The maximum atomic E-state index is 12.1. The summed E-state index contributed by atoms with van der Waals surface area (Å²) in [5.74, 6) is 0. The minimum absolute atomic E-state index is 0.151. The first-order valence-electron chi connectivity index (χ1n) is 5.89. The predicted octanol–water partition coefficient (Wildman–Crippen LogP) is 3.66. The fraction of sp³-hybridized carbons (Fsp3) is 0.500. The SMILES string of the molecule is COP(=O)(Cc1cccc(CP(=O)(OC)OC)c1)OC. The summed E-state index contributed by atoms with van der Waals surface area (Å²) in [6.45, 7) is 0. The van der Waals surface area contributed by atoms with E-state index in [9.17, 15) is 9.13 Å². The largest absolute Gasteiger partial charge is 0.334 e. The monoisotopic (exact) mass is 322 g/mol. The summed E-state index contributed by atoms with van der Waals surface area (Å²) in [7, 11) is -0.857. The van der Waals surface area contributed by atoms with Crippen LogP contribution >= 0.6 is 15.2 Å². The summed E-state index contributed by atoms with van der Waals surface area (Å²) >= 11 is 0. The first-order chi connectivity index (χ1) is 9.40. The Labute approximate surface area is 119 Å². The van der Waals surface area contributed by atoms with Gasteiger partial charge in [-0.1, -0.05) is 24.3 Å². The van der Waals surface area contributed by atoms with Crippen molar-refractivity contribution in [2.75, 3.05) is 28.4 Å². The Balaban J connectivity index is 2.92. The smallest absolute Gasteiger partial charge is 0.312 e. The van der Waals surface area contributed by atoms with Crippen molar-refractivity contribution in [3.05, 3.63) is 35.4 Å². The van der Waals surface area contributed by atoms with Gasteiger partial charge in [0, 0.05) is 28.4 Å². The molecule has 8 heteroatoms. The molecule has 1 aromatic carbocycles. The molecular weight excluding hydrogens is 302 g/mol. The zero-order chi connectivity index (χ0) is 15.2. The average molecular weight is 322 g/mol. The van der Waals surface area contributed by atoms with Crippen molar-refractivity contribution in [2.45, 2.75) is 12.3 Å². The normalized spacial score (nSPS) is 12.6. The van der Waals surface area contributed by atoms with Gasteiger partial charge in [-0.3, -0.25) is 9.13 Å². The average Bonchev–Trinajstić information content (AvgIpc) is 2.47. The Morgan fingerprint density at radius 3 is 1.45 bits per heavy atom. The van der Waals surface area contributed by atoms with E-state index in [4.69, 9.17) is 18.1 Å². The Hall–Kier alpha value is -0.480. The number of rotatable bonds is 8. The molecule has 6 nitrogen and oxygen atoms in total. The van der Waals surface area contributed by atoms with Crippen LogP contribution in [0, 0.1) is 0 Å². The number of hydrogen-bond acceptors (Lipinski definition) is 6. The Morgan fingerprint density at radius 2 is 1.15 bits per heavy atom. The second-order valence-electron chi connectivity index (χ2n) is 4.09. The van der Waals surface area contributed by atoms with Crippen LogP contribution in [0.2, 0.25) is 0 Å². The van der Waals surface area contributed by atoms with E-state index in [1.165, 1.54) is 28.4 Å². The van der Waals surface area contributed by atoms with Crippen molar-refractivity contribution in [1.29, 1.82) is 0 Å². The van der Waals surface area contributed by atoms with Gasteiger partial charge in [-0.2, -0.15) is 0 Å². The van der Waals surface area contributed by atoms with Crippen LogP contribution in [0.5, 0.6) is 0 Å². The lowest BCUT2D eigenvalue weighted by molar-refractivity contribution is 0.274. The van der Waals surface area contributed by atoms with Crippen LogP contribution in [0.3, 0.4) is 0 Å². The molecule has 0 aromatic heterocycles. The predicted molar refractivity (Wildman–Crippen MR) is 77.1 cm³/mol. The van der Waals surface area contributed by atoms with Gasteiger partial charge in [0.1, 0.15) is 0 Å². The lowest BCUT2D eigenvalue weighted by Gasteiger charge is -2.16. The number of hydrogen-bond donors (Lipinski definition) is 0. The van der Waals surface area contributed by atoms with Crippen LogP contribution < -0.4 is 0 Å². The van der Waals surface area contributed by atoms with Crippen molar-refractivity contribution in [2.24, 2.45) is 0 Å². The fourth-order valence-electron chi connectivity index (χ4n) is 1.68. The van der Waals surface area contributed by atoms with Gasteiger partial charge in [-0.05, 0) is 11.1 Å². The molecule has 0 saturated heterocycles. The fourth-order valence-corrected chi connectivity index (χ4v) is 3.78. The molecule has 114 valence electrons. The zero-order valence-electron chi connectivity index (χ0n) is 12.1. The molecule has 0 N–H and O–H groups in total. The lowest BCUT2D eigenvalue weighted by atomic mass is 10.2. The molecule has 0 amide bonds. The van der Waals surface area contributed by atoms with E-state index in [0.717, 1.165) is 11.1 Å². The zero-order valence-corrected chi connectivity index (χ0v) is 13.9. The van der Waals surface area contributed by atoms with Gasteiger partial charge in [0.15, 0.2) is 0 Å². The molecule has 0 heterocycles. The standard InChI is InChI=1S/C12H20O6P2/c1-15-19(13,16-2)9-11-6-5-7-12(8-11)10-20(14,17-3)18-4/h5-8H,9-10H2,1-4H3. The minimum Gasteiger partial charge on any atom is -0.312 e. The Kier molecular flexibility index (Phi) is 6.59. The number of benzene rings is 1. The molecule has 0 spiro atoms. The first kappa shape index (κ1) is 17.6. The van der Waals surface area contributed by atoms with Gasteiger partial charge in [0.25, 0.3) is 0 Å². The highest BCUT2D eigenvalue weighted by Crippen LogP contribution is 2.51. The van der Waals surface area contributed by atoms with Crippen LogP contribution in [0.4, 0.5) is 0 Å². The molecule has 0 saturated carbocycles. The molecule has 0 aliphatic rings. The van der Waals surface area contributed by atoms with Gasteiger partial charge >= 0.3 is 15.2 Å². The molecule has 1 rings (SSSR count). The minimum atomic E-state index is -3.12.